The summed E-state index contributed by atoms with van der Waals surface area (Å²) in [5, 5.41) is 21.1. The van der Waals surface area contributed by atoms with Crippen LogP contribution in [0.1, 0.15) is 69.5 Å². The molecule has 0 spiro atoms. The van der Waals surface area contributed by atoms with Crippen LogP contribution in [-0.2, 0) is 15.1 Å². The molecule has 7 nitrogen and oxygen atoms in total. The van der Waals surface area contributed by atoms with Crippen LogP contribution in [0.2, 0.25) is 0 Å². The van der Waals surface area contributed by atoms with E-state index in [4.69, 9.17) is 4.74 Å². The molecule has 1 saturated heterocycles. The first-order chi connectivity index (χ1) is 12.2. The van der Waals surface area contributed by atoms with Crippen molar-refractivity contribution in [3.8, 4) is 6.07 Å². The summed E-state index contributed by atoms with van der Waals surface area (Å²) >= 11 is 0. The number of nitriles is 1. The van der Waals surface area contributed by atoms with Crippen molar-refractivity contribution in [3.63, 3.8) is 0 Å². The lowest BCUT2D eigenvalue weighted by atomic mass is 9.82. The van der Waals surface area contributed by atoms with Gasteiger partial charge in [0, 0.05) is 6.61 Å². The number of nitrogens with zero attached hydrogens (tertiary/aromatic N) is 4. The SMILES string of the molecule is N#CC1(n2cc(C(NC(=O)C3CCCO3)C3CCCCC3)nn2)CC1. The molecule has 2 unspecified atom stereocenters. The van der Waals surface area contributed by atoms with Gasteiger partial charge in [-0.25, -0.2) is 4.68 Å². The zero-order valence-corrected chi connectivity index (χ0v) is 14.5. The fourth-order valence-electron chi connectivity index (χ4n) is 4.07. The van der Waals surface area contributed by atoms with Gasteiger partial charge in [-0.1, -0.05) is 24.5 Å². The predicted octanol–water partition coefficient (Wildman–Crippen LogP) is 2.21. The number of amides is 1. The molecule has 1 amide bonds. The first-order valence-corrected chi connectivity index (χ1v) is 9.48. The summed E-state index contributed by atoms with van der Waals surface area (Å²) in [4.78, 5) is 12.6. The Morgan fingerprint density at radius 1 is 1.32 bits per heavy atom. The van der Waals surface area contributed by atoms with Gasteiger partial charge in [0.25, 0.3) is 0 Å². The zero-order valence-electron chi connectivity index (χ0n) is 14.5. The van der Waals surface area contributed by atoms with Crippen LogP contribution in [0.25, 0.3) is 0 Å². The smallest absolute Gasteiger partial charge is 0.249 e. The van der Waals surface area contributed by atoms with Gasteiger partial charge in [0.15, 0.2) is 5.54 Å². The highest BCUT2D eigenvalue weighted by Crippen LogP contribution is 2.43. The minimum Gasteiger partial charge on any atom is -0.368 e. The van der Waals surface area contributed by atoms with Gasteiger partial charge in [-0.15, -0.1) is 5.10 Å². The molecular formula is C18H25N5O2. The van der Waals surface area contributed by atoms with E-state index in [2.05, 4.69) is 21.7 Å². The average Bonchev–Trinajstić information content (AvgIpc) is 3.05. The van der Waals surface area contributed by atoms with Gasteiger partial charge in [-0.2, -0.15) is 5.26 Å². The van der Waals surface area contributed by atoms with Gasteiger partial charge in [0.1, 0.15) is 11.8 Å². The molecule has 3 aliphatic rings. The van der Waals surface area contributed by atoms with Gasteiger partial charge < -0.3 is 10.1 Å². The molecule has 0 aromatic carbocycles. The Hall–Kier alpha value is -1.94. The van der Waals surface area contributed by atoms with E-state index in [1.807, 2.05) is 6.20 Å². The third kappa shape index (κ3) is 3.28. The Labute approximate surface area is 147 Å². The number of nitrogens with one attached hydrogen (secondary N) is 1. The van der Waals surface area contributed by atoms with Crippen LogP contribution in [0.5, 0.6) is 0 Å². The van der Waals surface area contributed by atoms with E-state index in [-0.39, 0.29) is 18.1 Å². The summed E-state index contributed by atoms with van der Waals surface area (Å²) in [6.07, 6.45) is 10.7. The van der Waals surface area contributed by atoms with Crippen LogP contribution in [0.4, 0.5) is 0 Å². The van der Waals surface area contributed by atoms with Gasteiger partial charge in [0.2, 0.25) is 5.91 Å². The van der Waals surface area contributed by atoms with Crippen molar-refractivity contribution in [2.75, 3.05) is 6.61 Å². The molecule has 2 saturated carbocycles. The molecule has 2 aliphatic carbocycles. The molecule has 1 N–H and O–H groups in total. The third-order valence-corrected chi connectivity index (χ3v) is 5.84. The number of carbonyl (C=O) groups excluding carboxylic acids is 1. The van der Waals surface area contributed by atoms with Crippen molar-refractivity contribution < 1.29 is 9.53 Å². The summed E-state index contributed by atoms with van der Waals surface area (Å²) < 4.78 is 7.22. The number of hydrogen-bond acceptors (Lipinski definition) is 5. The molecule has 0 radical (unpaired) electrons. The minimum atomic E-state index is -0.513. The standard InChI is InChI=1S/C18H25N5O2/c19-12-18(8-9-18)23-11-14(21-22-23)16(13-5-2-1-3-6-13)20-17(24)15-7-4-10-25-15/h11,13,15-16H,1-10H2,(H,20,24). The Morgan fingerprint density at radius 2 is 2.12 bits per heavy atom. The predicted molar refractivity (Wildman–Crippen MR) is 89.3 cm³/mol. The molecule has 3 fully saturated rings. The summed E-state index contributed by atoms with van der Waals surface area (Å²) in [6, 6.07) is 2.20. The Morgan fingerprint density at radius 3 is 2.76 bits per heavy atom. The highest BCUT2D eigenvalue weighted by atomic mass is 16.5. The quantitative estimate of drug-likeness (QED) is 0.885. The maximum atomic E-state index is 12.6. The summed E-state index contributed by atoms with van der Waals surface area (Å²) in [7, 11) is 0. The first-order valence-electron chi connectivity index (χ1n) is 9.48. The van der Waals surface area contributed by atoms with Crippen LogP contribution in [0, 0.1) is 17.2 Å². The van der Waals surface area contributed by atoms with Crippen molar-refractivity contribution in [2.45, 2.75) is 75.5 Å². The molecular weight excluding hydrogens is 318 g/mol. The van der Waals surface area contributed by atoms with E-state index in [1.54, 1.807) is 4.68 Å². The maximum Gasteiger partial charge on any atom is 0.249 e. The van der Waals surface area contributed by atoms with Gasteiger partial charge in [-0.3, -0.25) is 4.79 Å². The van der Waals surface area contributed by atoms with Crippen molar-refractivity contribution >= 4 is 5.91 Å². The highest BCUT2D eigenvalue weighted by Gasteiger charge is 2.47. The number of aromatic nitrogens is 3. The molecule has 2 heterocycles. The second-order valence-corrected chi connectivity index (χ2v) is 7.62. The maximum absolute atomic E-state index is 12.6. The molecule has 1 aromatic rings. The monoisotopic (exact) mass is 343 g/mol. The Kier molecular flexibility index (Phi) is 4.46. The van der Waals surface area contributed by atoms with Crippen LogP contribution in [-0.4, -0.2) is 33.6 Å². The minimum absolute atomic E-state index is 0.0379. The van der Waals surface area contributed by atoms with Crippen LogP contribution < -0.4 is 5.32 Å². The molecule has 1 aromatic heterocycles. The van der Waals surface area contributed by atoms with E-state index in [0.717, 1.165) is 44.2 Å². The number of rotatable bonds is 5. The van der Waals surface area contributed by atoms with Gasteiger partial charge in [-0.05, 0) is 44.4 Å². The lowest BCUT2D eigenvalue weighted by Gasteiger charge is -2.30. The van der Waals surface area contributed by atoms with Crippen molar-refractivity contribution in [1.29, 1.82) is 5.26 Å². The Bertz CT molecular complexity index is 663. The average molecular weight is 343 g/mol. The number of ether oxygens (including phenoxy) is 1. The molecule has 2 atom stereocenters. The van der Waals surface area contributed by atoms with Gasteiger partial charge in [0.05, 0.1) is 18.3 Å². The summed E-state index contributed by atoms with van der Waals surface area (Å²) in [6.45, 7) is 0.660. The zero-order chi connectivity index (χ0) is 17.3. The normalized spacial score (nSPS) is 26.8. The molecule has 1 aliphatic heterocycles. The third-order valence-electron chi connectivity index (χ3n) is 5.84. The van der Waals surface area contributed by atoms with Crippen LogP contribution in [0.15, 0.2) is 6.20 Å². The largest absolute Gasteiger partial charge is 0.368 e. The number of carbonyl (C=O) groups is 1. The Balaban J connectivity index is 1.54. The van der Waals surface area contributed by atoms with E-state index >= 15 is 0 Å². The second-order valence-electron chi connectivity index (χ2n) is 7.62. The molecule has 25 heavy (non-hydrogen) atoms. The van der Waals surface area contributed by atoms with Crippen molar-refractivity contribution in [3.05, 3.63) is 11.9 Å². The van der Waals surface area contributed by atoms with E-state index in [0.29, 0.717) is 12.5 Å². The van der Waals surface area contributed by atoms with Crippen molar-refractivity contribution in [1.82, 2.24) is 20.3 Å². The summed E-state index contributed by atoms with van der Waals surface area (Å²) in [5.74, 6) is 0.338. The van der Waals surface area contributed by atoms with Crippen molar-refractivity contribution in [2.24, 2.45) is 5.92 Å². The lowest BCUT2D eigenvalue weighted by Crippen LogP contribution is -2.40. The van der Waals surface area contributed by atoms with Crippen LogP contribution >= 0.6 is 0 Å². The van der Waals surface area contributed by atoms with E-state index in [9.17, 15) is 10.1 Å². The van der Waals surface area contributed by atoms with Crippen LogP contribution in [0.3, 0.4) is 0 Å². The summed E-state index contributed by atoms with van der Waals surface area (Å²) in [5.41, 5.74) is 0.265. The lowest BCUT2D eigenvalue weighted by molar-refractivity contribution is -0.131. The molecule has 4 rings (SSSR count). The molecule has 134 valence electrons. The van der Waals surface area contributed by atoms with E-state index < -0.39 is 5.54 Å². The molecule has 0 bridgehead atoms. The fraction of sp³-hybridized carbons (Fsp3) is 0.778. The van der Waals surface area contributed by atoms with Gasteiger partial charge >= 0.3 is 0 Å². The second kappa shape index (κ2) is 6.75. The topological polar surface area (TPSA) is 92.8 Å². The first kappa shape index (κ1) is 16.5. The van der Waals surface area contributed by atoms with E-state index in [1.165, 1.54) is 19.3 Å². The fourth-order valence-corrected chi connectivity index (χ4v) is 4.07. The highest BCUT2D eigenvalue weighted by molar-refractivity contribution is 5.81. The molecule has 7 heteroatoms. The number of hydrogen-bond donors (Lipinski definition) is 1.